The summed E-state index contributed by atoms with van der Waals surface area (Å²) in [5.74, 6) is 1.52. The van der Waals surface area contributed by atoms with Gasteiger partial charge in [-0.2, -0.15) is 0 Å². The minimum absolute atomic E-state index is 0.0487. The molecule has 17 heavy (non-hydrogen) atoms. The van der Waals surface area contributed by atoms with Crippen LogP contribution in [0.4, 0.5) is 0 Å². The summed E-state index contributed by atoms with van der Waals surface area (Å²) in [7, 11) is 0. The summed E-state index contributed by atoms with van der Waals surface area (Å²) in [5, 5.41) is 0. The van der Waals surface area contributed by atoms with Crippen LogP contribution in [0.1, 0.15) is 61.3 Å². The highest BCUT2D eigenvalue weighted by Gasteiger charge is 2.40. The molecule has 0 unspecified atom stereocenters. The first-order chi connectivity index (χ1) is 7.56. The highest BCUT2D eigenvalue weighted by molar-refractivity contribution is 5.82. The van der Waals surface area contributed by atoms with Crippen molar-refractivity contribution in [2.75, 3.05) is 6.54 Å². The van der Waals surface area contributed by atoms with Crippen molar-refractivity contribution in [1.82, 2.24) is 4.90 Å². The maximum absolute atomic E-state index is 12.6. The molecule has 2 heteroatoms. The van der Waals surface area contributed by atoms with E-state index in [0.29, 0.717) is 11.8 Å². The molecule has 1 aliphatic rings. The lowest BCUT2D eigenvalue weighted by atomic mass is 9.85. The molecule has 1 aliphatic carbocycles. The second-order valence-corrected chi connectivity index (χ2v) is 7.42. The van der Waals surface area contributed by atoms with E-state index < -0.39 is 0 Å². The number of nitrogens with zero attached hydrogens (tertiary/aromatic N) is 1. The molecule has 1 rings (SSSR count). The van der Waals surface area contributed by atoms with Crippen molar-refractivity contribution in [3.05, 3.63) is 0 Å². The van der Waals surface area contributed by atoms with Gasteiger partial charge in [0.1, 0.15) is 0 Å². The zero-order valence-corrected chi connectivity index (χ0v) is 12.6. The Morgan fingerprint density at radius 1 is 1.18 bits per heavy atom. The molecule has 1 amide bonds. The molecule has 0 aromatic carbocycles. The van der Waals surface area contributed by atoms with Gasteiger partial charge in [0.15, 0.2) is 0 Å². The first-order valence-corrected chi connectivity index (χ1v) is 6.89. The number of hydrogen-bond donors (Lipinski definition) is 0. The molecule has 2 nitrogen and oxygen atoms in total. The van der Waals surface area contributed by atoms with E-state index in [4.69, 9.17) is 0 Å². The van der Waals surface area contributed by atoms with Gasteiger partial charge in [0.05, 0.1) is 0 Å². The lowest BCUT2D eigenvalue weighted by molar-refractivity contribution is -0.147. The van der Waals surface area contributed by atoms with Crippen LogP contribution < -0.4 is 0 Å². The van der Waals surface area contributed by atoms with Gasteiger partial charge in [0, 0.05) is 17.5 Å². The molecule has 0 radical (unpaired) electrons. The molecule has 0 aromatic rings. The number of carbonyl (C=O) groups is 1. The Labute approximate surface area is 107 Å². The average Bonchev–Trinajstić information content (AvgIpc) is 2.94. The third-order valence-corrected chi connectivity index (χ3v) is 4.13. The highest BCUT2D eigenvalue weighted by Crippen LogP contribution is 2.36. The molecule has 0 spiro atoms. The first kappa shape index (κ1) is 14.5. The summed E-state index contributed by atoms with van der Waals surface area (Å²) in [5.41, 5.74) is -0.325. The summed E-state index contributed by atoms with van der Waals surface area (Å²) in [6.45, 7) is 15.8. The smallest absolute Gasteiger partial charge is 0.228 e. The molecule has 0 aromatic heterocycles. The van der Waals surface area contributed by atoms with Crippen LogP contribution in [-0.4, -0.2) is 22.9 Å². The van der Waals surface area contributed by atoms with Crippen LogP contribution in [0.15, 0.2) is 0 Å². The second kappa shape index (κ2) is 4.62. The molecule has 0 aliphatic heterocycles. The monoisotopic (exact) mass is 239 g/mol. The van der Waals surface area contributed by atoms with Gasteiger partial charge in [-0.3, -0.25) is 4.79 Å². The van der Waals surface area contributed by atoms with Gasteiger partial charge in [-0.05, 0) is 38.5 Å². The highest BCUT2D eigenvalue weighted by atomic mass is 16.2. The Bertz CT molecular complexity index is 282. The largest absolute Gasteiger partial charge is 0.337 e. The third-order valence-electron chi connectivity index (χ3n) is 4.13. The zero-order valence-electron chi connectivity index (χ0n) is 12.6. The van der Waals surface area contributed by atoms with Gasteiger partial charge in [-0.1, -0.05) is 34.6 Å². The average molecular weight is 239 g/mol. The molecular weight excluding hydrogens is 210 g/mol. The minimum atomic E-state index is -0.277. The Morgan fingerprint density at radius 2 is 1.65 bits per heavy atom. The number of carbonyl (C=O) groups excluding carboxylic acids is 1. The van der Waals surface area contributed by atoms with Gasteiger partial charge in [-0.25, -0.2) is 0 Å². The normalized spacial score (nSPS) is 17.4. The van der Waals surface area contributed by atoms with E-state index in [2.05, 4.69) is 32.6 Å². The van der Waals surface area contributed by atoms with Gasteiger partial charge in [0.25, 0.3) is 0 Å². The van der Waals surface area contributed by atoms with Gasteiger partial charge >= 0.3 is 0 Å². The van der Waals surface area contributed by atoms with Crippen LogP contribution >= 0.6 is 0 Å². The molecule has 0 bridgehead atoms. The fourth-order valence-electron chi connectivity index (χ4n) is 1.86. The molecule has 1 saturated carbocycles. The molecule has 0 N–H and O–H groups in total. The van der Waals surface area contributed by atoms with Crippen molar-refractivity contribution in [3.63, 3.8) is 0 Å². The van der Waals surface area contributed by atoms with Crippen LogP contribution in [0.2, 0.25) is 0 Å². The maximum Gasteiger partial charge on any atom is 0.228 e. The third kappa shape index (κ3) is 3.46. The molecule has 100 valence electrons. The maximum atomic E-state index is 12.6. The second-order valence-electron chi connectivity index (χ2n) is 7.42. The summed E-state index contributed by atoms with van der Waals surface area (Å²) >= 11 is 0. The van der Waals surface area contributed by atoms with Crippen molar-refractivity contribution >= 4 is 5.91 Å². The molecule has 0 saturated heterocycles. The van der Waals surface area contributed by atoms with Gasteiger partial charge in [-0.15, -0.1) is 0 Å². The molecule has 0 heterocycles. The van der Waals surface area contributed by atoms with Crippen molar-refractivity contribution in [2.24, 2.45) is 17.3 Å². The van der Waals surface area contributed by atoms with E-state index >= 15 is 0 Å². The van der Waals surface area contributed by atoms with Crippen LogP contribution in [0.5, 0.6) is 0 Å². The lowest BCUT2D eigenvalue weighted by Gasteiger charge is -2.44. The van der Waals surface area contributed by atoms with Crippen molar-refractivity contribution in [3.8, 4) is 0 Å². The Kier molecular flexibility index (Phi) is 3.95. The topological polar surface area (TPSA) is 20.3 Å². The van der Waals surface area contributed by atoms with Crippen LogP contribution in [0, 0.1) is 17.3 Å². The van der Waals surface area contributed by atoms with Crippen LogP contribution in [0.3, 0.4) is 0 Å². The fourth-order valence-corrected chi connectivity index (χ4v) is 1.86. The van der Waals surface area contributed by atoms with Gasteiger partial charge < -0.3 is 4.90 Å². The predicted molar refractivity (Wildman–Crippen MR) is 72.8 cm³/mol. The number of hydrogen-bond acceptors (Lipinski definition) is 1. The summed E-state index contributed by atoms with van der Waals surface area (Å²) < 4.78 is 0. The SMILES string of the molecule is CC(C)C(C)(C)N(CC1CC1)C(=O)C(C)(C)C. The molecule has 1 fully saturated rings. The summed E-state index contributed by atoms with van der Waals surface area (Å²) in [6, 6.07) is 0. The van der Waals surface area contributed by atoms with E-state index in [1.807, 2.05) is 20.8 Å². The fraction of sp³-hybridized carbons (Fsp3) is 0.933. The summed E-state index contributed by atoms with van der Waals surface area (Å²) in [4.78, 5) is 14.7. The van der Waals surface area contributed by atoms with E-state index in [1.54, 1.807) is 0 Å². The van der Waals surface area contributed by atoms with Crippen molar-refractivity contribution in [2.45, 2.75) is 66.8 Å². The number of amides is 1. The standard InChI is InChI=1S/C15H29NO/c1-11(2)15(6,7)16(10-12-8-9-12)13(17)14(3,4)5/h11-12H,8-10H2,1-7H3. The van der Waals surface area contributed by atoms with E-state index in [9.17, 15) is 4.79 Å². The van der Waals surface area contributed by atoms with E-state index in [1.165, 1.54) is 12.8 Å². The molecular formula is C15H29NO. The van der Waals surface area contributed by atoms with E-state index in [0.717, 1.165) is 12.5 Å². The quantitative estimate of drug-likeness (QED) is 0.732. The zero-order chi connectivity index (χ0) is 13.4. The first-order valence-electron chi connectivity index (χ1n) is 6.89. The van der Waals surface area contributed by atoms with Gasteiger partial charge in [0.2, 0.25) is 5.91 Å². The Hall–Kier alpha value is -0.530. The Balaban J connectivity index is 2.90. The molecule has 0 atom stereocenters. The van der Waals surface area contributed by atoms with Crippen LogP contribution in [-0.2, 0) is 4.79 Å². The minimum Gasteiger partial charge on any atom is -0.337 e. The Morgan fingerprint density at radius 3 is 1.94 bits per heavy atom. The predicted octanol–water partition coefficient (Wildman–Crippen LogP) is 3.71. The summed E-state index contributed by atoms with van der Waals surface area (Å²) in [6.07, 6.45) is 2.59. The lowest BCUT2D eigenvalue weighted by Crippen LogP contribution is -2.55. The van der Waals surface area contributed by atoms with Crippen molar-refractivity contribution < 1.29 is 4.79 Å². The van der Waals surface area contributed by atoms with E-state index in [-0.39, 0.29) is 11.0 Å². The number of rotatable bonds is 4. The van der Waals surface area contributed by atoms with Crippen molar-refractivity contribution in [1.29, 1.82) is 0 Å². The van der Waals surface area contributed by atoms with Crippen LogP contribution in [0.25, 0.3) is 0 Å².